The molecule has 1 aliphatic rings. The van der Waals surface area contributed by atoms with Gasteiger partial charge in [-0.1, -0.05) is 36.1 Å². The van der Waals surface area contributed by atoms with Gasteiger partial charge in [0.25, 0.3) is 0 Å². The lowest BCUT2D eigenvalue weighted by atomic mass is 10.2. The van der Waals surface area contributed by atoms with Crippen molar-refractivity contribution in [3.8, 4) is 11.5 Å². The minimum Gasteiger partial charge on any atom is -0.490 e. The number of ether oxygens (including phenoxy) is 2. The quantitative estimate of drug-likeness (QED) is 0.498. The van der Waals surface area contributed by atoms with Crippen LogP contribution in [0.1, 0.15) is 18.9 Å². The van der Waals surface area contributed by atoms with E-state index < -0.39 is 0 Å². The number of carbonyl (C=O) groups excluding carboxylic acids is 1. The highest BCUT2D eigenvalue weighted by Crippen LogP contribution is 2.30. The second-order valence-corrected chi connectivity index (χ2v) is 7.37. The average molecular weight is 363 g/mol. The molecule has 8 heteroatoms. The van der Waals surface area contributed by atoms with Crippen LogP contribution in [0.4, 0.5) is 5.13 Å². The molecule has 0 saturated carbocycles. The number of anilines is 1. The van der Waals surface area contributed by atoms with E-state index in [0.29, 0.717) is 24.1 Å². The van der Waals surface area contributed by atoms with Crippen LogP contribution in [0.3, 0.4) is 0 Å². The summed E-state index contributed by atoms with van der Waals surface area (Å²) in [6.45, 7) is 3.34. The van der Waals surface area contributed by atoms with Crippen LogP contribution in [0, 0.1) is 0 Å². The lowest BCUT2D eigenvalue weighted by Gasteiger charge is -2.07. The molecular weight excluding hydrogens is 346 g/mol. The zero-order valence-electron chi connectivity index (χ0n) is 13.2. The maximum atomic E-state index is 12.0. The molecule has 2 aromatic rings. The minimum absolute atomic E-state index is 0.244. The van der Waals surface area contributed by atoms with Gasteiger partial charge >= 0.3 is 0 Å². The van der Waals surface area contributed by atoms with Crippen molar-refractivity contribution in [1.29, 1.82) is 0 Å². The summed E-state index contributed by atoms with van der Waals surface area (Å²) in [4.78, 5) is 12.0. The van der Waals surface area contributed by atoms with Crippen LogP contribution < -0.4 is 14.8 Å². The van der Waals surface area contributed by atoms with Crippen LogP contribution in [0.2, 0.25) is 0 Å². The van der Waals surface area contributed by atoms with Crippen molar-refractivity contribution in [3.05, 3.63) is 29.8 Å². The fourth-order valence-corrected chi connectivity index (χ4v) is 3.70. The molecule has 126 valence electrons. The molecule has 0 aliphatic carbocycles. The van der Waals surface area contributed by atoms with Crippen molar-refractivity contribution in [2.75, 3.05) is 24.3 Å². The summed E-state index contributed by atoms with van der Waals surface area (Å²) in [5.74, 6) is 2.13. The summed E-state index contributed by atoms with van der Waals surface area (Å²) in [7, 11) is 0. The third-order valence-corrected chi connectivity index (χ3v) is 4.96. The molecule has 1 amide bonds. The number of nitrogens with zero attached hydrogens (tertiary/aromatic N) is 2. The molecule has 1 N–H and O–H groups in total. The van der Waals surface area contributed by atoms with E-state index >= 15 is 0 Å². The van der Waals surface area contributed by atoms with E-state index in [1.54, 1.807) is 17.8 Å². The third-order valence-electron chi connectivity index (χ3n) is 3.10. The highest BCUT2D eigenvalue weighted by atomic mass is 32.2. The first-order valence-corrected chi connectivity index (χ1v) is 9.40. The van der Waals surface area contributed by atoms with Crippen LogP contribution in [0.25, 0.3) is 6.08 Å². The molecule has 0 saturated heterocycles. The summed E-state index contributed by atoms with van der Waals surface area (Å²) in [5.41, 5.74) is 0.869. The van der Waals surface area contributed by atoms with E-state index in [0.717, 1.165) is 27.8 Å². The Labute approximate surface area is 148 Å². The van der Waals surface area contributed by atoms with Gasteiger partial charge in [-0.25, -0.2) is 0 Å². The molecular formula is C16H17N3O3S2. The first-order valence-electron chi connectivity index (χ1n) is 7.59. The van der Waals surface area contributed by atoms with Crippen LogP contribution in [0.15, 0.2) is 28.6 Å². The number of fused-ring (bicyclic) bond motifs is 1. The summed E-state index contributed by atoms with van der Waals surface area (Å²) in [5, 5.41) is 11.2. The standard InChI is InChI=1S/C16H17N3O3S2/c1-2-23-16-19-18-15(24-16)17-14(20)7-5-11-4-6-12-13(10-11)22-9-3-8-21-12/h4-7,10H,2-3,8-9H2,1H3,(H,17,18,20)/b7-5+. The predicted octanol–water partition coefficient (Wildman–Crippen LogP) is 3.46. The molecule has 0 radical (unpaired) electrons. The fraction of sp³-hybridized carbons (Fsp3) is 0.312. The number of carbonyl (C=O) groups is 1. The molecule has 1 aromatic heterocycles. The molecule has 0 spiro atoms. The van der Waals surface area contributed by atoms with Gasteiger partial charge < -0.3 is 9.47 Å². The highest BCUT2D eigenvalue weighted by Gasteiger charge is 2.10. The molecule has 6 nitrogen and oxygen atoms in total. The number of benzene rings is 1. The second-order valence-electron chi connectivity index (χ2n) is 4.89. The van der Waals surface area contributed by atoms with Crippen LogP contribution >= 0.6 is 23.1 Å². The number of thioether (sulfide) groups is 1. The second kappa shape index (κ2) is 8.16. The summed E-state index contributed by atoms with van der Waals surface area (Å²) < 4.78 is 12.1. The normalized spacial score (nSPS) is 13.7. The van der Waals surface area contributed by atoms with Gasteiger partial charge in [-0.3, -0.25) is 10.1 Å². The maximum Gasteiger partial charge on any atom is 0.250 e. The van der Waals surface area contributed by atoms with E-state index in [-0.39, 0.29) is 5.91 Å². The Balaban J connectivity index is 1.62. The Bertz CT molecular complexity index is 746. The fourth-order valence-electron chi connectivity index (χ4n) is 2.04. The van der Waals surface area contributed by atoms with Crippen LogP contribution in [-0.4, -0.2) is 35.1 Å². The minimum atomic E-state index is -0.244. The third kappa shape index (κ3) is 4.48. The number of aromatic nitrogens is 2. The van der Waals surface area contributed by atoms with E-state index in [9.17, 15) is 4.79 Å². The Hall–Kier alpha value is -2.06. The number of hydrogen-bond donors (Lipinski definition) is 1. The average Bonchev–Trinajstić information content (AvgIpc) is 2.88. The largest absolute Gasteiger partial charge is 0.490 e. The van der Waals surface area contributed by atoms with Gasteiger partial charge in [0.15, 0.2) is 15.8 Å². The van der Waals surface area contributed by atoms with Gasteiger partial charge in [-0.05, 0) is 29.5 Å². The molecule has 0 atom stereocenters. The number of amides is 1. The zero-order valence-corrected chi connectivity index (χ0v) is 14.8. The first kappa shape index (κ1) is 16.8. The number of hydrogen-bond acceptors (Lipinski definition) is 7. The smallest absolute Gasteiger partial charge is 0.250 e. The number of nitrogens with one attached hydrogen (secondary N) is 1. The van der Waals surface area contributed by atoms with E-state index in [1.165, 1.54) is 17.4 Å². The van der Waals surface area contributed by atoms with E-state index in [4.69, 9.17) is 9.47 Å². The van der Waals surface area contributed by atoms with Crippen LogP contribution in [0.5, 0.6) is 11.5 Å². The highest BCUT2D eigenvalue weighted by molar-refractivity contribution is 8.01. The van der Waals surface area contributed by atoms with Gasteiger partial charge in [0.2, 0.25) is 11.0 Å². The predicted molar refractivity (Wildman–Crippen MR) is 96.0 cm³/mol. The summed E-state index contributed by atoms with van der Waals surface area (Å²) >= 11 is 2.96. The molecule has 3 rings (SSSR count). The van der Waals surface area contributed by atoms with Crippen molar-refractivity contribution >= 4 is 40.2 Å². The Kier molecular flexibility index (Phi) is 5.71. The van der Waals surface area contributed by atoms with Crippen molar-refractivity contribution in [2.45, 2.75) is 17.7 Å². The van der Waals surface area contributed by atoms with E-state index in [1.807, 2.05) is 25.1 Å². The molecule has 0 fully saturated rings. The Morgan fingerprint density at radius 2 is 2.17 bits per heavy atom. The maximum absolute atomic E-state index is 12.0. The van der Waals surface area contributed by atoms with Gasteiger partial charge in [0, 0.05) is 12.5 Å². The molecule has 2 heterocycles. The monoisotopic (exact) mass is 363 g/mol. The Morgan fingerprint density at radius 3 is 3.00 bits per heavy atom. The molecule has 0 unspecified atom stereocenters. The molecule has 0 bridgehead atoms. The lowest BCUT2D eigenvalue weighted by molar-refractivity contribution is -0.111. The zero-order chi connectivity index (χ0) is 16.8. The Morgan fingerprint density at radius 1 is 1.33 bits per heavy atom. The van der Waals surface area contributed by atoms with Crippen molar-refractivity contribution < 1.29 is 14.3 Å². The van der Waals surface area contributed by atoms with Gasteiger partial charge in [-0.15, -0.1) is 10.2 Å². The molecule has 1 aliphatic heterocycles. The first-order chi connectivity index (χ1) is 11.7. The van der Waals surface area contributed by atoms with Crippen molar-refractivity contribution in [2.24, 2.45) is 0 Å². The van der Waals surface area contributed by atoms with Gasteiger partial charge in [0.1, 0.15) is 0 Å². The number of rotatable bonds is 5. The SMILES string of the molecule is CCSc1nnc(NC(=O)/C=C/c2ccc3c(c2)OCCCO3)s1. The van der Waals surface area contributed by atoms with Crippen LogP contribution in [-0.2, 0) is 4.79 Å². The lowest BCUT2D eigenvalue weighted by Crippen LogP contribution is -2.07. The molecule has 1 aromatic carbocycles. The summed E-state index contributed by atoms with van der Waals surface area (Å²) in [6.07, 6.45) is 4.06. The van der Waals surface area contributed by atoms with Gasteiger partial charge in [0.05, 0.1) is 13.2 Å². The topological polar surface area (TPSA) is 73.3 Å². The summed E-state index contributed by atoms with van der Waals surface area (Å²) in [6, 6.07) is 5.61. The molecule has 24 heavy (non-hydrogen) atoms. The van der Waals surface area contributed by atoms with E-state index in [2.05, 4.69) is 15.5 Å². The van der Waals surface area contributed by atoms with Gasteiger partial charge in [-0.2, -0.15) is 0 Å². The van der Waals surface area contributed by atoms with Crippen molar-refractivity contribution in [3.63, 3.8) is 0 Å². The van der Waals surface area contributed by atoms with Crippen molar-refractivity contribution in [1.82, 2.24) is 10.2 Å².